The molecule has 0 atom stereocenters. The maximum absolute atomic E-state index is 11.9. The van der Waals surface area contributed by atoms with Crippen molar-refractivity contribution in [3.05, 3.63) is 66.4 Å². The summed E-state index contributed by atoms with van der Waals surface area (Å²) in [6, 6.07) is 4.60. The van der Waals surface area contributed by atoms with Gasteiger partial charge in [-0.3, -0.25) is 20.2 Å². The summed E-state index contributed by atoms with van der Waals surface area (Å²) in [5, 5.41) is 25.3. The van der Waals surface area contributed by atoms with Crippen LogP contribution in [0, 0.1) is 20.2 Å². The second-order valence-corrected chi connectivity index (χ2v) is 5.05. The summed E-state index contributed by atoms with van der Waals surface area (Å²) >= 11 is 1.51. The van der Waals surface area contributed by atoms with Crippen molar-refractivity contribution in [1.82, 2.24) is 0 Å². The van der Waals surface area contributed by atoms with Crippen LogP contribution in [0.4, 0.5) is 11.4 Å². The van der Waals surface area contributed by atoms with Gasteiger partial charge in [-0.1, -0.05) is 0 Å². The minimum Gasteiger partial charge on any atom is -0.462 e. The van der Waals surface area contributed by atoms with E-state index in [1.807, 2.05) is 16.8 Å². The Morgan fingerprint density at radius 2 is 1.77 bits per heavy atom. The molecule has 1 aromatic carbocycles. The van der Waals surface area contributed by atoms with Crippen molar-refractivity contribution in [2.45, 2.75) is 6.42 Å². The third kappa shape index (κ3) is 3.85. The van der Waals surface area contributed by atoms with E-state index in [0.29, 0.717) is 6.42 Å². The van der Waals surface area contributed by atoms with Gasteiger partial charge in [-0.25, -0.2) is 4.79 Å². The van der Waals surface area contributed by atoms with Crippen LogP contribution in [0.15, 0.2) is 35.0 Å². The monoisotopic (exact) mass is 322 g/mol. The van der Waals surface area contributed by atoms with E-state index >= 15 is 0 Å². The maximum atomic E-state index is 11.9. The van der Waals surface area contributed by atoms with Gasteiger partial charge in [0.25, 0.3) is 11.4 Å². The van der Waals surface area contributed by atoms with E-state index in [1.165, 1.54) is 11.3 Å². The molecule has 0 aliphatic rings. The number of non-ortho nitro benzene ring substituents is 2. The zero-order chi connectivity index (χ0) is 16.1. The molecule has 0 bridgehead atoms. The number of ether oxygens (including phenoxy) is 1. The Kier molecular flexibility index (Phi) is 4.79. The van der Waals surface area contributed by atoms with Gasteiger partial charge in [0.1, 0.15) is 0 Å². The van der Waals surface area contributed by atoms with Crippen molar-refractivity contribution in [2.24, 2.45) is 0 Å². The number of nitro groups is 2. The number of nitro benzene ring substituents is 2. The van der Waals surface area contributed by atoms with Crippen molar-refractivity contribution >= 4 is 28.7 Å². The zero-order valence-electron chi connectivity index (χ0n) is 11.1. The molecule has 0 saturated carbocycles. The molecule has 2 aromatic rings. The lowest BCUT2D eigenvalue weighted by Gasteiger charge is -2.04. The molecule has 1 heterocycles. The average Bonchev–Trinajstić information content (AvgIpc) is 2.99. The minimum atomic E-state index is -0.831. The predicted octanol–water partition coefficient (Wildman–Crippen LogP) is 2.96. The van der Waals surface area contributed by atoms with Crippen LogP contribution in [0.5, 0.6) is 0 Å². The van der Waals surface area contributed by atoms with E-state index in [1.54, 1.807) is 0 Å². The van der Waals surface area contributed by atoms with Gasteiger partial charge in [0.15, 0.2) is 0 Å². The summed E-state index contributed by atoms with van der Waals surface area (Å²) in [5.74, 6) is -0.831. The van der Waals surface area contributed by atoms with Gasteiger partial charge in [0.2, 0.25) is 0 Å². The number of carbonyl (C=O) groups excluding carboxylic acids is 1. The molecule has 8 nitrogen and oxygen atoms in total. The van der Waals surface area contributed by atoms with Crippen LogP contribution < -0.4 is 0 Å². The molecule has 0 unspecified atom stereocenters. The maximum Gasteiger partial charge on any atom is 0.338 e. The number of carbonyl (C=O) groups is 1. The van der Waals surface area contributed by atoms with Gasteiger partial charge < -0.3 is 4.74 Å². The first-order valence-electron chi connectivity index (χ1n) is 6.09. The highest BCUT2D eigenvalue weighted by atomic mass is 32.1. The normalized spacial score (nSPS) is 10.2. The molecule has 9 heteroatoms. The number of hydrogen-bond acceptors (Lipinski definition) is 7. The third-order valence-electron chi connectivity index (χ3n) is 2.76. The Labute approximate surface area is 128 Å². The average molecular weight is 322 g/mol. The second-order valence-electron chi connectivity index (χ2n) is 4.27. The Morgan fingerprint density at radius 3 is 2.27 bits per heavy atom. The molecule has 0 saturated heterocycles. The first-order chi connectivity index (χ1) is 10.5. The van der Waals surface area contributed by atoms with Crippen molar-refractivity contribution in [3.63, 3.8) is 0 Å². The molecule has 0 aliphatic heterocycles. The first-order valence-corrected chi connectivity index (χ1v) is 7.03. The largest absolute Gasteiger partial charge is 0.462 e. The second kappa shape index (κ2) is 6.76. The topological polar surface area (TPSA) is 113 Å². The lowest BCUT2D eigenvalue weighted by Crippen LogP contribution is -2.09. The highest BCUT2D eigenvalue weighted by Crippen LogP contribution is 2.23. The molecular weight excluding hydrogens is 312 g/mol. The molecule has 0 radical (unpaired) electrons. The molecule has 0 N–H and O–H groups in total. The number of thiophene rings is 1. The van der Waals surface area contributed by atoms with Crippen LogP contribution in [-0.4, -0.2) is 22.4 Å². The van der Waals surface area contributed by atoms with E-state index in [-0.39, 0.29) is 12.2 Å². The van der Waals surface area contributed by atoms with Gasteiger partial charge >= 0.3 is 5.97 Å². The van der Waals surface area contributed by atoms with Gasteiger partial charge in [-0.05, 0) is 22.4 Å². The van der Waals surface area contributed by atoms with Gasteiger partial charge in [-0.15, -0.1) is 0 Å². The van der Waals surface area contributed by atoms with Crippen molar-refractivity contribution in [2.75, 3.05) is 6.61 Å². The Bertz CT molecular complexity index is 681. The Hall–Kier alpha value is -2.81. The van der Waals surface area contributed by atoms with Crippen LogP contribution >= 0.6 is 11.3 Å². The van der Waals surface area contributed by atoms with Crippen LogP contribution in [0.1, 0.15) is 15.9 Å². The summed E-state index contributed by atoms with van der Waals surface area (Å²) < 4.78 is 4.99. The van der Waals surface area contributed by atoms with E-state index in [0.717, 1.165) is 23.8 Å². The highest BCUT2D eigenvalue weighted by Gasteiger charge is 2.20. The molecular formula is C13H10N2O6S. The highest BCUT2D eigenvalue weighted by molar-refractivity contribution is 7.07. The van der Waals surface area contributed by atoms with Gasteiger partial charge in [0, 0.05) is 18.6 Å². The fraction of sp³-hybridized carbons (Fsp3) is 0.154. The summed E-state index contributed by atoms with van der Waals surface area (Å²) in [6.45, 7) is 0.0893. The summed E-state index contributed by atoms with van der Waals surface area (Å²) in [4.78, 5) is 31.8. The molecule has 22 heavy (non-hydrogen) atoms. The van der Waals surface area contributed by atoms with E-state index in [9.17, 15) is 25.0 Å². The van der Waals surface area contributed by atoms with Crippen molar-refractivity contribution in [3.8, 4) is 0 Å². The van der Waals surface area contributed by atoms with Crippen LogP contribution in [0.3, 0.4) is 0 Å². The molecule has 0 aliphatic carbocycles. The van der Waals surface area contributed by atoms with Crippen LogP contribution in [0.25, 0.3) is 0 Å². The fourth-order valence-electron chi connectivity index (χ4n) is 1.70. The number of hydrogen-bond donors (Lipinski definition) is 0. The Morgan fingerprint density at radius 1 is 1.14 bits per heavy atom. The van der Waals surface area contributed by atoms with Crippen molar-refractivity contribution in [1.29, 1.82) is 0 Å². The zero-order valence-corrected chi connectivity index (χ0v) is 11.9. The molecule has 0 amide bonds. The molecule has 2 rings (SSSR count). The Balaban J connectivity index is 2.10. The first kappa shape index (κ1) is 15.6. The summed E-state index contributed by atoms with van der Waals surface area (Å²) in [6.07, 6.45) is 0.506. The predicted molar refractivity (Wildman–Crippen MR) is 78.1 cm³/mol. The third-order valence-corrected chi connectivity index (χ3v) is 3.50. The lowest BCUT2D eigenvalue weighted by atomic mass is 10.2. The molecule has 0 spiro atoms. The van der Waals surface area contributed by atoms with E-state index in [4.69, 9.17) is 4.74 Å². The van der Waals surface area contributed by atoms with E-state index < -0.39 is 27.2 Å². The standard InChI is InChI=1S/C13H10N2O6S/c16-13(21-3-1-9-2-4-22-8-9)10-5-11(14(17)18)7-12(6-10)15(19)20/h2,4-8H,1,3H2. The fourth-order valence-corrected chi connectivity index (χ4v) is 2.41. The number of nitrogens with zero attached hydrogens (tertiary/aromatic N) is 2. The van der Waals surface area contributed by atoms with Crippen LogP contribution in [0.2, 0.25) is 0 Å². The quantitative estimate of drug-likeness (QED) is 0.459. The van der Waals surface area contributed by atoms with Crippen molar-refractivity contribution < 1.29 is 19.4 Å². The van der Waals surface area contributed by atoms with E-state index in [2.05, 4.69) is 0 Å². The summed E-state index contributed by atoms with van der Waals surface area (Å²) in [7, 11) is 0. The molecule has 114 valence electrons. The van der Waals surface area contributed by atoms with Gasteiger partial charge in [0.05, 0.1) is 28.1 Å². The number of benzene rings is 1. The number of rotatable bonds is 6. The molecule has 0 fully saturated rings. The lowest BCUT2D eigenvalue weighted by molar-refractivity contribution is -0.394. The summed E-state index contributed by atoms with van der Waals surface area (Å²) in [5.41, 5.74) is -0.271. The SMILES string of the molecule is O=C(OCCc1ccsc1)c1cc([N+](=O)[O-])cc([N+](=O)[O-])c1. The minimum absolute atomic E-state index is 0.0893. The van der Waals surface area contributed by atoms with Gasteiger partial charge in [-0.2, -0.15) is 11.3 Å². The molecule has 1 aromatic heterocycles. The number of esters is 1. The smallest absolute Gasteiger partial charge is 0.338 e. The van der Waals surface area contributed by atoms with Crippen LogP contribution in [-0.2, 0) is 11.2 Å².